The Morgan fingerprint density at radius 2 is 2.10 bits per heavy atom. The van der Waals surface area contributed by atoms with Crippen LogP contribution in [0.15, 0.2) is 34.7 Å². The Kier molecular flexibility index (Phi) is 4.83. The van der Waals surface area contributed by atoms with E-state index in [-0.39, 0.29) is 36.5 Å². The van der Waals surface area contributed by atoms with Crippen LogP contribution in [0.2, 0.25) is 0 Å². The fourth-order valence-corrected chi connectivity index (χ4v) is 4.68. The normalized spacial score (nSPS) is 26.4. The molecule has 7 heteroatoms. The van der Waals surface area contributed by atoms with Crippen LogP contribution in [0, 0.1) is 5.92 Å². The SMILES string of the molecule is O=C1CO[C@H]2C[C@@H](C(=O)N3CCc4oc(Cc5ccccc5)nc4C3)CC[C@@H]2N1. The minimum Gasteiger partial charge on any atom is -0.445 e. The second kappa shape index (κ2) is 7.63. The Labute approximate surface area is 169 Å². The summed E-state index contributed by atoms with van der Waals surface area (Å²) in [6.07, 6.45) is 3.55. The van der Waals surface area contributed by atoms with E-state index in [9.17, 15) is 9.59 Å². The maximum Gasteiger partial charge on any atom is 0.246 e. The molecule has 0 spiro atoms. The number of fused-ring (bicyclic) bond motifs is 2. The van der Waals surface area contributed by atoms with Crippen LogP contribution < -0.4 is 5.32 Å². The molecule has 0 unspecified atom stereocenters. The van der Waals surface area contributed by atoms with Crippen molar-refractivity contribution in [1.29, 1.82) is 0 Å². The summed E-state index contributed by atoms with van der Waals surface area (Å²) in [5.41, 5.74) is 2.04. The number of carbonyl (C=O) groups excluding carboxylic acids is 2. The number of aromatic nitrogens is 1. The van der Waals surface area contributed by atoms with Gasteiger partial charge in [-0.1, -0.05) is 30.3 Å². The third-order valence-corrected chi connectivity index (χ3v) is 6.20. The van der Waals surface area contributed by atoms with Crippen molar-refractivity contribution in [1.82, 2.24) is 15.2 Å². The summed E-state index contributed by atoms with van der Waals surface area (Å²) in [5, 5.41) is 2.98. The lowest BCUT2D eigenvalue weighted by atomic mass is 9.82. The maximum absolute atomic E-state index is 13.1. The Hall–Kier alpha value is -2.67. The van der Waals surface area contributed by atoms with Gasteiger partial charge in [-0.2, -0.15) is 0 Å². The van der Waals surface area contributed by atoms with Crippen molar-refractivity contribution in [2.75, 3.05) is 13.2 Å². The van der Waals surface area contributed by atoms with Gasteiger partial charge in [-0.25, -0.2) is 4.98 Å². The number of benzene rings is 1. The molecule has 2 aromatic rings. The van der Waals surface area contributed by atoms with Gasteiger partial charge in [0, 0.05) is 25.3 Å². The van der Waals surface area contributed by atoms with E-state index >= 15 is 0 Å². The highest BCUT2D eigenvalue weighted by molar-refractivity contribution is 5.80. The van der Waals surface area contributed by atoms with Gasteiger partial charge >= 0.3 is 0 Å². The van der Waals surface area contributed by atoms with Crippen molar-refractivity contribution >= 4 is 11.8 Å². The van der Waals surface area contributed by atoms with Gasteiger partial charge in [0.2, 0.25) is 11.8 Å². The molecule has 2 fully saturated rings. The third kappa shape index (κ3) is 3.79. The van der Waals surface area contributed by atoms with Gasteiger partial charge in [-0.15, -0.1) is 0 Å². The average molecular weight is 395 g/mol. The number of rotatable bonds is 3. The lowest BCUT2D eigenvalue weighted by Crippen LogP contribution is -2.55. The molecule has 1 N–H and O–H groups in total. The standard InChI is InChI=1S/C22H25N3O4/c26-20-13-28-19-11-15(6-7-16(19)23-20)22(27)25-9-8-18-17(12-25)24-21(29-18)10-14-4-2-1-3-5-14/h1-5,15-16,19H,6-13H2,(H,23,26)/t15-,16-,19-/m0/s1. The van der Waals surface area contributed by atoms with Gasteiger partial charge in [0.05, 0.1) is 18.7 Å². The lowest BCUT2D eigenvalue weighted by Gasteiger charge is -2.40. The summed E-state index contributed by atoms with van der Waals surface area (Å²) in [6, 6.07) is 10.2. The zero-order valence-corrected chi connectivity index (χ0v) is 16.3. The van der Waals surface area contributed by atoms with Crippen LogP contribution in [-0.2, 0) is 33.7 Å². The van der Waals surface area contributed by atoms with E-state index in [0.29, 0.717) is 38.2 Å². The largest absolute Gasteiger partial charge is 0.445 e. The molecule has 1 aliphatic carbocycles. The van der Waals surface area contributed by atoms with Crippen LogP contribution in [0.1, 0.15) is 42.2 Å². The zero-order chi connectivity index (χ0) is 19.8. The highest BCUT2D eigenvalue weighted by atomic mass is 16.5. The summed E-state index contributed by atoms with van der Waals surface area (Å²) in [4.78, 5) is 31.2. The van der Waals surface area contributed by atoms with E-state index in [1.165, 1.54) is 0 Å². The predicted octanol–water partition coefficient (Wildman–Crippen LogP) is 1.83. The minimum absolute atomic E-state index is 0.0457. The van der Waals surface area contributed by atoms with Crippen molar-refractivity contribution in [3.63, 3.8) is 0 Å². The monoisotopic (exact) mass is 395 g/mol. The fraction of sp³-hybridized carbons (Fsp3) is 0.500. The van der Waals surface area contributed by atoms with Crippen LogP contribution in [0.5, 0.6) is 0 Å². The van der Waals surface area contributed by atoms with Crippen molar-refractivity contribution < 1.29 is 18.7 Å². The quantitative estimate of drug-likeness (QED) is 0.857. The topological polar surface area (TPSA) is 84.7 Å². The molecule has 5 rings (SSSR count). The highest BCUT2D eigenvalue weighted by Crippen LogP contribution is 2.31. The van der Waals surface area contributed by atoms with Crippen LogP contribution >= 0.6 is 0 Å². The number of morpholine rings is 1. The summed E-state index contributed by atoms with van der Waals surface area (Å²) < 4.78 is 11.6. The van der Waals surface area contributed by atoms with Gasteiger partial charge in [0.1, 0.15) is 18.1 Å². The Morgan fingerprint density at radius 3 is 2.97 bits per heavy atom. The summed E-state index contributed by atoms with van der Waals surface area (Å²) >= 11 is 0. The van der Waals surface area contributed by atoms with Crippen molar-refractivity contribution in [2.45, 2.75) is 50.8 Å². The smallest absolute Gasteiger partial charge is 0.246 e. The van der Waals surface area contributed by atoms with Crippen molar-refractivity contribution in [3.05, 3.63) is 53.2 Å². The number of oxazole rings is 1. The van der Waals surface area contributed by atoms with E-state index in [4.69, 9.17) is 9.15 Å². The molecular formula is C22H25N3O4. The summed E-state index contributed by atoms with van der Waals surface area (Å²) in [5.74, 6) is 1.67. The van der Waals surface area contributed by atoms with E-state index in [1.54, 1.807) is 0 Å². The van der Waals surface area contributed by atoms with Gasteiger partial charge in [0.25, 0.3) is 0 Å². The van der Waals surface area contributed by atoms with E-state index in [1.807, 2.05) is 23.1 Å². The van der Waals surface area contributed by atoms with Crippen LogP contribution in [0.3, 0.4) is 0 Å². The van der Waals surface area contributed by atoms with Gasteiger partial charge in [-0.3, -0.25) is 9.59 Å². The van der Waals surface area contributed by atoms with Crippen molar-refractivity contribution in [2.24, 2.45) is 5.92 Å². The van der Waals surface area contributed by atoms with Gasteiger partial charge in [0.15, 0.2) is 5.89 Å². The van der Waals surface area contributed by atoms with Crippen LogP contribution in [-0.4, -0.2) is 47.0 Å². The summed E-state index contributed by atoms with van der Waals surface area (Å²) in [7, 11) is 0. The number of nitrogens with one attached hydrogen (secondary N) is 1. The van der Waals surface area contributed by atoms with E-state index < -0.39 is 0 Å². The van der Waals surface area contributed by atoms with E-state index in [2.05, 4.69) is 22.4 Å². The molecule has 152 valence electrons. The molecule has 3 heterocycles. The molecule has 7 nitrogen and oxygen atoms in total. The third-order valence-electron chi connectivity index (χ3n) is 6.20. The molecule has 2 amide bonds. The number of carbonyl (C=O) groups is 2. The second-order valence-corrected chi connectivity index (χ2v) is 8.18. The Bertz CT molecular complexity index is 910. The van der Waals surface area contributed by atoms with Gasteiger partial charge in [-0.05, 0) is 24.8 Å². The molecule has 2 aliphatic heterocycles. The zero-order valence-electron chi connectivity index (χ0n) is 16.3. The molecule has 1 saturated carbocycles. The minimum atomic E-state index is -0.0584. The van der Waals surface area contributed by atoms with Crippen molar-refractivity contribution in [3.8, 4) is 0 Å². The molecule has 1 aromatic carbocycles. The molecular weight excluding hydrogens is 370 g/mol. The molecule has 1 saturated heterocycles. The fourth-order valence-electron chi connectivity index (χ4n) is 4.68. The maximum atomic E-state index is 13.1. The first-order valence-corrected chi connectivity index (χ1v) is 10.4. The number of hydrogen-bond donors (Lipinski definition) is 1. The Morgan fingerprint density at radius 1 is 1.24 bits per heavy atom. The molecule has 3 atom stereocenters. The number of hydrogen-bond acceptors (Lipinski definition) is 5. The molecule has 29 heavy (non-hydrogen) atoms. The van der Waals surface area contributed by atoms with Crippen LogP contribution in [0.4, 0.5) is 0 Å². The predicted molar refractivity (Wildman–Crippen MR) is 104 cm³/mol. The van der Waals surface area contributed by atoms with Crippen LogP contribution in [0.25, 0.3) is 0 Å². The summed E-state index contributed by atoms with van der Waals surface area (Å²) in [6.45, 7) is 1.26. The first kappa shape index (κ1) is 18.4. The number of amides is 2. The number of ether oxygens (including phenoxy) is 1. The first-order chi connectivity index (χ1) is 14.2. The number of nitrogens with zero attached hydrogens (tertiary/aromatic N) is 2. The Balaban J connectivity index is 1.23. The highest BCUT2D eigenvalue weighted by Gasteiger charge is 2.40. The van der Waals surface area contributed by atoms with Gasteiger partial charge < -0.3 is 19.4 Å². The first-order valence-electron chi connectivity index (χ1n) is 10.4. The lowest BCUT2D eigenvalue weighted by molar-refractivity contribution is -0.146. The molecule has 0 radical (unpaired) electrons. The molecule has 1 aromatic heterocycles. The average Bonchev–Trinajstić information content (AvgIpc) is 3.15. The van der Waals surface area contributed by atoms with E-state index in [0.717, 1.165) is 29.9 Å². The second-order valence-electron chi connectivity index (χ2n) is 8.18. The molecule has 3 aliphatic rings. The molecule has 0 bridgehead atoms.